The first kappa shape index (κ1) is 13.2. The minimum absolute atomic E-state index is 0.261. The van der Waals surface area contributed by atoms with Gasteiger partial charge >= 0.3 is 0 Å². The van der Waals surface area contributed by atoms with Crippen molar-refractivity contribution in [3.63, 3.8) is 0 Å². The average molecular weight is 261 g/mol. The van der Waals surface area contributed by atoms with Gasteiger partial charge in [0, 0.05) is 24.2 Å². The molecule has 1 unspecified atom stereocenters. The van der Waals surface area contributed by atoms with Crippen molar-refractivity contribution >= 4 is 11.3 Å². The quantitative estimate of drug-likeness (QED) is 0.868. The van der Waals surface area contributed by atoms with Crippen molar-refractivity contribution in [2.45, 2.75) is 32.7 Å². The summed E-state index contributed by atoms with van der Waals surface area (Å²) in [5, 5.41) is 6.70. The van der Waals surface area contributed by atoms with Crippen LogP contribution in [0.1, 0.15) is 36.2 Å². The zero-order valence-corrected chi connectivity index (χ0v) is 11.7. The lowest BCUT2D eigenvalue weighted by molar-refractivity contribution is 0.531. The van der Waals surface area contributed by atoms with Crippen LogP contribution in [0.15, 0.2) is 29.9 Å². The molecule has 0 fully saturated rings. The van der Waals surface area contributed by atoms with Crippen LogP contribution in [-0.4, -0.2) is 16.5 Å². The maximum Gasteiger partial charge on any atom is 0.0944 e. The molecule has 0 bridgehead atoms. The number of hydrogen-bond acceptors (Lipinski definition) is 4. The van der Waals surface area contributed by atoms with Crippen LogP contribution in [0.25, 0.3) is 0 Å². The highest BCUT2D eigenvalue weighted by Crippen LogP contribution is 2.21. The zero-order valence-electron chi connectivity index (χ0n) is 10.9. The lowest BCUT2D eigenvalue weighted by Gasteiger charge is -2.18. The Bertz CT molecular complexity index is 468. The van der Waals surface area contributed by atoms with Gasteiger partial charge in [-0.1, -0.05) is 19.9 Å². The maximum absolute atomic E-state index is 4.56. The number of hydrogen-bond donors (Lipinski definition) is 1. The van der Waals surface area contributed by atoms with Gasteiger partial charge in [-0.3, -0.25) is 4.98 Å². The summed E-state index contributed by atoms with van der Waals surface area (Å²) < 4.78 is 0. The van der Waals surface area contributed by atoms with Gasteiger partial charge in [0.05, 0.1) is 16.7 Å². The van der Waals surface area contributed by atoms with E-state index in [-0.39, 0.29) is 6.04 Å². The van der Waals surface area contributed by atoms with E-state index in [4.69, 9.17) is 0 Å². The average Bonchev–Trinajstić information content (AvgIpc) is 2.91. The molecule has 0 aromatic carbocycles. The standard InChI is InChI=1S/C14H19N3S/c1-3-11-6-5-7-17-14(11)12(15-4-2)10-13-16-8-9-18-13/h5-9,12,15H,3-4,10H2,1-2H3. The first-order chi connectivity index (χ1) is 8.85. The zero-order chi connectivity index (χ0) is 12.8. The minimum Gasteiger partial charge on any atom is -0.309 e. The molecule has 0 amide bonds. The molecule has 2 heterocycles. The number of aryl methyl sites for hydroxylation is 1. The monoisotopic (exact) mass is 261 g/mol. The third-order valence-corrected chi connectivity index (χ3v) is 3.75. The molecule has 0 aliphatic rings. The third kappa shape index (κ3) is 3.15. The Morgan fingerprint density at radius 3 is 2.83 bits per heavy atom. The highest BCUT2D eigenvalue weighted by atomic mass is 32.1. The Balaban J connectivity index is 2.23. The topological polar surface area (TPSA) is 37.8 Å². The predicted octanol–water partition coefficient (Wildman–Crippen LogP) is 2.99. The molecule has 1 N–H and O–H groups in total. The van der Waals surface area contributed by atoms with Gasteiger partial charge in [-0.05, 0) is 24.6 Å². The molecule has 2 aromatic rings. The van der Waals surface area contributed by atoms with Crippen molar-refractivity contribution in [3.05, 3.63) is 46.2 Å². The van der Waals surface area contributed by atoms with Gasteiger partial charge in [0.25, 0.3) is 0 Å². The van der Waals surface area contributed by atoms with Crippen molar-refractivity contribution in [2.24, 2.45) is 0 Å². The van der Waals surface area contributed by atoms with E-state index >= 15 is 0 Å². The molecule has 0 radical (unpaired) electrons. The summed E-state index contributed by atoms with van der Waals surface area (Å²) in [6.45, 7) is 5.24. The van der Waals surface area contributed by atoms with E-state index in [9.17, 15) is 0 Å². The maximum atomic E-state index is 4.56. The molecule has 0 aliphatic carbocycles. The van der Waals surface area contributed by atoms with E-state index in [1.165, 1.54) is 5.56 Å². The summed E-state index contributed by atoms with van der Waals surface area (Å²) >= 11 is 1.71. The Hall–Kier alpha value is -1.26. The van der Waals surface area contributed by atoms with E-state index in [2.05, 4.69) is 35.2 Å². The van der Waals surface area contributed by atoms with E-state index in [0.29, 0.717) is 0 Å². The lowest BCUT2D eigenvalue weighted by Crippen LogP contribution is -2.25. The number of rotatable bonds is 6. The van der Waals surface area contributed by atoms with E-state index in [1.807, 2.05) is 23.8 Å². The van der Waals surface area contributed by atoms with E-state index in [1.54, 1.807) is 11.3 Å². The molecule has 2 aromatic heterocycles. The van der Waals surface area contributed by atoms with Crippen molar-refractivity contribution in [2.75, 3.05) is 6.54 Å². The normalized spacial score (nSPS) is 12.6. The fraction of sp³-hybridized carbons (Fsp3) is 0.429. The number of aromatic nitrogens is 2. The highest BCUT2D eigenvalue weighted by molar-refractivity contribution is 7.09. The fourth-order valence-corrected chi connectivity index (χ4v) is 2.77. The SMILES string of the molecule is CCNC(Cc1nccs1)c1ncccc1CC. The molecular weight excluding hydrogens is 242 g/mol. The Labute approximate surface area is 112 Å². The number of nitrogens with zero attached hydrogens (tertiary/aromatic N) is 2. The number of thiazole rings is 1. The van der Waals surface area contributed by atoms with Gasteiger partial charge in [0.2, 0.25) is 0 Å². The molecule has 0 saturated heterocycles. The fourth-order valence-electron chi connectivity index (χ4n) is 2.10. The van der Waals surface area contributed by atoms with Crippen LogP contribution in [0.2, 0.25) is 0 Å². The molecule has 18 heavy (non-hydrogen) atoms. The van der Waals surface area contributed by atoms with Crippen LogP contribution >= 0.6 is 11.3 Å². The summed E-state index contributed by atoms with van der Waals surface area (Å²) in [4.78, 5) is 8.93. The lowest BCUT2D eigenvalue weighted by atomic mass is 10.0. The van der Waals surface area contributed by atoms with Crippen molar-refractivity contribution < 1.29 is 0 Å². The predicted molar refractivity (Wildman–Crippen MR) is 75.9 cm³/mol. The molecule has 0 aliphatic heterocycles. The smallest absolute Gasteiger partial charge is 0.0944 e. The Morgan fingerprint density at radius 2 is 2.17 bits per heavy atom. The van der Waals surface area contributed by atoms with Crippen LogP contribution < -0.4 is 5.32 Å². The van der Waals surface area contributed by atoms with Gasteiger partial charge in [-0.2, -0.15) is 0 Å². The highest BCUT2D eigenvalue weighted by Gasteiger charge is 2.16. The summed E-state index contributed by atoms with van der Waals surface area (Å²) in [6, 6.07) is 4.43. The summed E-state index contributed by atoms with van der Waals surface area (Å²) in [5.74, 6) is 0. The first-order valence-corrected chi connectivity index (χ1v) is 7.28. The second-order valence-corrected chi connectivity index (χ2v) is 5.12. The minimum atomic E-state index is 0.261. The molecular formula is C14H19N3S. The van der Waals surface area contributed by atoms with Gasteiger partial charge in [0.15, 0.2) is 0 Å². The van der Waals surface area contributed by atoms with Gasteiger partial charge in [-0.15, -0.1) is 11.3 Å². The van der Waals surface area contributed by atoms with Crippen LogP contribution in [0, 0.1) is 0 Å². The second-order valence-electron chi connectivity index (χ2n) is 4.14. The van der Waals surface area contributed by atoms with E-state index < -0.39 is 0 Å². The van der Waals surface area contributed by atoms with Crippen molar-refractivity contribution in [1.29, 1.82) is 0 Å². The largest absolute Gasteiger partial charge is 0.309 e. The molecule has 1 atom stereocenters. The first-order valence-electron chi connectivity index (χ1n) is 6.40. The van der Waals surface area contributed by atoms with Gasteiger partial charge < -0.3 is 5.32 Å². The third-order valence-electron chi connectivity index (χ3n) is 2.95. The number of likely N-dealkylation sites (N-methyl/N-ethyl adjacent to an activating group) is 1. The van der Waals surface area contributed by atoms with Crippen molar-refractivity contribution in [1.82, 2.24) is 15.3 Å². The van der Waals surface area contributed by atoms with E-state index in [0.717, 1.165) is 30.1 Å². The number of pyridine rings is 1. The Kier molecular flexibility index (Phi) is 4.84. The molecule has 2 rings (SSSR count). The Morgan fingerprint density at radius 1 is 1.28 bits per heavy atom. The molecule has 0 spiro atoms. The van der Waals surface area contributed by atoms with Crippen LogP contribution in [0.5, 0.6) is 0 Å². The van der Waals surface area contributed by atoms with Crippen molar-refractivity contribution in [3.8, 4) is 0 Å². The molecule has 0 saturated carbocycles. The molecule has 3 nitrogen and oxygen atoms in total. The molecule has 4 heteroatoms. The van der Waals surface area contributed by atoms with Crippen LogP contribution in [0.3, 0.4) is 0 Å². The summed E-state index contributed by atoms with van der Waals surface area (Å²) in [6.07, 6.45) is 5.67. The number of nitrogens with one attached hydrogen (secondary N) is 1. The second kappa shape index (κ2) is 6.61. The van der Waals surface area contributed by atoms with Gasteiger partial charge in [0.1, 0.15) is 0 Å². The van der Waals surface area contributed by atoms with Crippen LogP contribution in [0.4, 0.5) is 0 Å². The van der Waals surface area contributed by atoms with Gasteiger partial charge in [-0.25, -0.2) is 4.98 Å². The van der Waals surface area contributed by atoms with Crippen LogP contribution in [-0.2, 0) is 12.8 Å². The summed E-state index contributed by atoms with van der Waals surface area (Å²) in [5.41, 5.74) is 2.48. The molecule has 96 valence electrons. The summed E-state index contributed by atoms with van der Waals surface area (Å²) in [7, 11) is 0.